The van der Waals surface area contributed by atoms with Crippen molar-refractivity contribution in [1.82, 2.24) is 10.2 Å². The van der Waals surface area contributed by atoms with Crippen LogP contribution in [0.2, 0.25) is 0 Å². The van der Waals surface area contributed by atoms with E-state index in [1.807, 2.05) is 6.26 Å². The van der Waals surface area contributed by atoms with Crippen LogP contribution < -0.4 is 11.1 Å². The lowest BCUT2D eigenvalue weighted by molar-refractivity contribution is -0.143. The Balaban J connectivity index is 2.64. The number of nitrogens with two attached hydrogens (primary N) is 1. The molecule has 0 aromatic heterocycles. The van der Waals surface area contributed by atoms with Gasteiger partial charge in [-0.15, -0.1) is 0 Å². The minimum Gasteiger partial charge on any atom is -0.357 e. The topological polar surface area (TPSA) is 75.4 Å². The van der Waals surface area contributed by atoms with Crippen LogP contribution in [-0.4, -0.2) is 54.4 Å². The number of carbonyl (C=O) groups excluding carboxylic acids is 2. The SMILES string of the molecule is CNC(=O)C1CCCCN1C(=O)[C@@H](N)CCSC. The van der Waals surface area contributed by atoms with Crippen molar-refractivity contribution in [3.05, 3.63) is 0 Å². The number of hydrogen-bond acceptors (Lipinski definition) is 4. The Hall–Kier alpha value is -0.750. The first-order chi connectivity index (χ1) is 8.61. The van der Waals surface area contributed by atoms with Gasteiger partial charge in [-0.1, -0.05) is 0 Å². The van der Waals surface area contributed by atoms with Gasteiger partial charge in [0.05, 0.1) is 6.04 Å². The lowest BCUT2D eigenvalue weighted by Gasteiger charge is -2.36. The Morgan fingerprint density at radius 2 is 2.22 bits per heavy atom. The van der Waals surface area contributed by atoms with E-state index in [4.69, 9.17) is 5.73 Å². The molecule has 1 rings (SSSR count). The van der Waals surface area contributed by atoms with Gasteiger partial charge in [-0.3, -0.25) is 9.59 Å². The highest BCUT2D eigenvalue weighted by molar-refractivity contribution is 7.98. The molecule has 0 bridgehead atoms. The summed E-state index contributed by atoms with van der Waals surface area (Å²) in [6.45, 7) is 0.643. The maximum Gasteiger partial charge on any atom is 0.242 e. The van der Waals surface area contributed by atoms with Gasteiger partial charge < -0.3 is 16.0 Å². The standard InChI is InChI=1S/C12H23N3O2S/c1-14-11(16)10-5-3-4-7-15(10)12(17)9(13)6-8-18-2/h9-10H,3-8,13H2,1-2H3,(H,14,16)/t9-,10?/m0/s1. The van der Waals surface area contributed by atoms with Crippen molar-refractivity contribution < 1.29 is 9.59 Å². The van der Waals surface area contributed by atoms with Crippen LogP contribution in [0.3, 0.4) is 0 Å². The van der Waals surface area contributed by atoms with Gasteiger partial charge in [-0.2, -0.15) is 11.8 Å². The molecule has 0 saturated carbocycles. The van der Waals surface area contributed by atoms with E-state index in [1.165, 1.54) is 0 Å². The summed E-state index contributed by atoms with van der Waals surface area (Å²) >= 11 is 1.68. The second-order valence-electron chi connectivity index (χ2n) is 4.55. The van der Waals surface area contributed by atoms with Gasteiger partial charge in [0.25, 0.3) is 0 Å². The molecule has 1 saturated heterocycles. The van der Waals surface area contributed by atoms with Crippen LogP contribution >= 0.6 is 11.8 Å². The third-order valence-corrected chi connectivity index (χ3v) is 3.93. The van der Waals surface area contributed by atoms with E-state index in [0.29, 0.717) is 13.0 Å². The van der Waals surface area contributed by atoms with Crippen LogP contribution in [-0.2, 0) is 9.59 Å². The Labute approximate surface area is 113 Å². The zero-order valence-corrected chi connectivity index (χ0v) is 12.0. The van der Waals surface area contributed by atoms with Gasteiger partial charge in [0.15, 0.2) is 0 Å². The minimum absolute atomic E-state index is 0.0832. The van der Waals surface area contributed by atoms with Gasteiger partial charge >= 0.3 is 0 Å². The number of nitrogens with zero attached hydrogens (tertiary/aromatic N) is 1. The summed E-state index contributed by atoms with van der Waals surface area (Å²) in [5.41, 5.74) is 5.90. The molecular formula is C12H23N3O2S. The van der Waals surface area contributed by atoms with Crippen LogP contribution in [0.15, 0.2) is 0 Å². The molecule has 1 unspecified atom stereocenters. The largest absolute Gasteiger partial charge is 0.357 e. The fraction of sp³-hybridized carbons (Fsp3) is 0.833. The maximum atomic E-state index is 12.2. The minimum atomic E-state index is -0.484. The highest BCUT2D eigenvalue weighted by Gasteiger charge is 2.33. The zero-order chi connectivity index (χ0) is 13.5. The average molecular weight is 273 g/mol. The summed E-state index contributed by atoms with van der Waals surface area (Å²) in [6, 6.07) is -0.820. The molecule has 0 aromatic rings. The Kier molecular flexibility index (Phi) is 6.49. The molecule has 104 valence electrons. The molecule has 18 heavy (non-hydrogen) atoms. The highest BCUT2D eigenvalue weighted by atomic mass is 32.2. The van der Waals surface area contributed by atoms with Gasteiger partial charge in [0.2, 0.25) is 11.8 Å². The van der Waals surface area contributed by atoms with Crippen molar-refractivity contribution in [2.75, 3.05) is 25.6 Å². The van der Waals surface area contributed by atoms with E-state index in [1.54, 1.807) is 23.7 Å². The van der Waals surface area contributed by atoms with Crippen LogP contribution in [0.5, 0.6) is 0 Å². The number of amides is 2. The van der Waals surface area contributed by atoms with Crippen molar-refractivity contribution in [2.45, 2.75) is 37.8 Å². The third-order valence-electron chi connectivity index (χ3n) is 3.29. The van der Waals surface area contributed by atoms with Crippen molar-refractivity contribution in [1.29, 1.82) is 0 Å². The van der Waals surface area contributed by atoms with E-state index >= 15 is 0 Å². The zero-order valence-electron chi connectivity index (χ0n) is 11.1. The molecule has 1 aliphatic rings. The summed E-state index contributed by atoms with van der Waals surface area (Å²) < 4.78 is 0. The van der Waals surface area contributed by atoms with E-state index < -0.39 is 6.04 Å². The summed E-state index contributed by atoms with van der Waals surface area (Å²) in [6.07, 6.45) is 5.33. The number of carbonyl (C=O) groups is 2. The van der Waals surface area contributed by atoms with Crippen LogP contribution in [0.4, 0.5) is 0 Å². The number of rotatable bonds is 5. The summed E-state index contributed by atoms with van der Waals surface area (Å²) in [5, 5.41) is 2.62. The monoisotopic (exact) mass is 273 g/mol. The molecule has 6 heteroatoms. The number of thioether (sulfide) groups is 1. The normalized spacial score (nSPS) is 21.5. The molecule has 0 aromatic carbocycles. The quantitative estimate of drug-likeness (QED) is 0.750. The Morgan fingerprint density at radius 3 is 2.83 bits per heavy atom. The molecule has 2 amide bonds. The van der Waals surface area contributed by atoms with E-state index in [-0.39, 0.29) is 17.9 Å². The molecule has 0 aliphatic carbocycles. The first kappa shape index (κ1) is 15.3. The van der Waals surface area contributed by atoms with Crippen molar-refractivity contribution in [3.63, 3.8) is 0 Å². The van der Waals surface area contributed by atoms with Crippen molar-refractivity contribution in [3.8, 4) is 0 Å². The molecule has 3 N–H and O–H groups in total. The molecule has 5 nitrogen and oxygen atoms in total. The third kappa shape index (κ3) is 3.88. The number of nitrogens with one attached hydrogen (secondary N) is 1. The Bertz CT molecular complexity index is 299. The summed E-state index contributed by atoms with van der Waals surface area (Å²) in [5.74, 6) is 0.697. The van der Waals surface area contributed by atoms with Gasteiger partial charge in [-0.05, 0) is 37.7 Å². The lowest BCUT2D eigenvalue weighted by atomic mass is 10.00. The number of hydrogen-bond donors (Lipinski definition) is 2. The molecule has 1 aliphatic heterocycles. The fourth-order valence-corrected chi connectivity index (χ4v) is 2.71. The van der Waals surface area contributed by atoms with Gasteiger partial charge in [0.1, 0.15) is 6.04 Å². The summed E-state index contributed by atoms with van der Waals surface area (Å²) in [4.78, 5) is 25.7. The molecular weight excluding hydrogens is 250 g/mol. The second-order valence-corrected chi connectivity index (χ2v) is 5.53. The number of piperidine rings is 1. The molecule has 0 spiro atoms. The predicted octanol–water partition coefficient (Wildman–Crippen LogP) is 0.194. The van der Waals surface area contributed by atoms with Gasteiger partial charge in [0, 0.05) is 13.6 Å². The lowest BCUT2D eigenvalue weighted by Crippen LogP contribution is -2.55. The molecule has 0 radical (unpaired) electrons. The maximum absolute atomic E-state index is 12.2. The van der Waals surface area contributed by atoms with E-state index in [9.17, 15) is 9.59 Å². The first-order valence-corrected chi connectivity index (χ1v) is 7.77. The smallest absolute Gasteiger partial charge is 0.242 e. The number of likely N-dealkylation sites (N-methyl/N-ethyl adjacent to an activating group) is 1. The predicted molar refractivity (Wildman–Crippen MR) is 74.4 cm³/mol. The highest BCUT2D eigenvalue weighted by Crippen LogP contribution is 2.18. The molecule has 1 heterocycles. The molecule has 2 atom stereocenters. The van der Waals surface area contributed by atoms with Crippen molar-refractivity contribution >= 4 is 23.6 Å². The Morgan fingerprint density at radius 1 is 1.50 bits per heavy atom. The molecule has 1 fully saturated rings. The summed E-state index contributed by atoms with van der Waals surface area (Å²) in [7, 11) is 1.60. The van der Waals surface area contributed by atoms with E-state index in [0.717, 1.165) is 25.0 Å². The van der Waals surface area contributed by atoms with Crippen molar-refractivity contribution in [2.24, 2.45) is 5.73 Å². The number of likely N-dealkylation sites (tertiary alicyclic amines) is 1. The fourth-order valence-electron chi connectivity index (χ4n) is 2.22. The van der Waals surface area contributed by atoms with Crippen LogP contribution in [0, 0.1) is 0 Å². The van der Waals surface area contributed by atoms with Crippen LogP contribution in [0.1, 0.15) is 25.7 Å². The van der Waals surface area contributed by atoms with Crippen LogP contribution in [0.25, 0.3) is 0 Å². The van der Waals surface area contributed by atoms with E-state index in [2.05, 4.69) is 5.32 Å². The average Bonchev–Trinajstić information content (AvgIpc) is 2.43. The second kappa shape index (κ2) is 7.63. The first-order valence-electron chi connectivity index (χ1n) is 6.38. The van der Waals surface area contributed by atoms with Gasteiger partial charge in [-0.25, -0.2) is 0 Å².